The van der Waals surface area contributed by atoms with Crippen LogP contribution < -0.4 is 5.32 Å². The van der Waals surface area contributed by atoms with Crippen LogP contribution in [0.25, 0.3) is 0 Å². The van der Waals surface area contributed by atoms with E-state index in [-0.39, 0.29) is 5.91 Å². The predicted octanol–water partition coefficient (Wildman–Crippen LogP) is 3.20. The molecule has 112 valence electrons. The maximum Gasteiger partial charge on any atom is 0.234 e. The quantitative estimate of drug-likeness (QED) is 0.617. The first kappa shape index (κ1) is 16.5. The maximum atomic E-state index is 11.4. The van der Waals surface area contributed by atoms with E-state index in [2.05, 4.69) is 24.1 Å². The molecule has 0 radical (unpaired) electrons. The van der Waals surface area contributed by atoms with E-state index in [0.29, 0.717) is 6.54 Å². The number of carbonyl (C=O) groups is 1. The number of amides is 1. The van der Waals surface area contributed by atoms with Crippen molar-refractivity contribution in [3.05, 3.63) is 0 Å². The lowest BCUT2D eigenvalue weighted by Crippen LogP contribution is -2.48. The highest BCUT2D eigenvalue weighted by Gasteiger charge is 2.19. The summed E-state index contributed by atoms with van der Waals surface area (Å²) in [6.07, 6.45) is 10.7. The van der Waals surface area contributed by atoms with Gasteiger partial charge in [-0.05, 0) is 18.8 Å². The summed E-state index contributed by atoms with van der Waals surface area (Å²) in [6, 6.07) is 0. The van der Waals surface area contributed by atoms with Crippen molar-refractivity contribution in [2.45, 2.75) is 65.2 Å². The van der Waals surface area contributed by atoms with Crippen LogP contribution in [-0.2, 0) is 4.79 Å². The van der Waals surface area contributed by atoms with Crippen LogP contribution in [-0.4, -0.2) is 37.0 Å². The molecule has 1 amide bonds. The van der Waals surface area contributed by atoms with Gasteiger partial charge in [-0.15, -0.1) is 0 Å². The monoisotopic (exact) mass is 268 g/mol. The summed E-state index contributed by atoms with van der Waals surface area (Å²) in [5.41, 5.74) is 0. The van der Waals surface area contributed by atoms with E-state index in [0.717, 1.165) is 25.6 Å². The summed E-state index contributed by atoms with van der Waals surface area (Å²) in [7, 11) is 0. The van der Waals surface area contributed by atoms with Crippen molar-refractivity contribution in [2.24, 2.45) is 5.92 Å². The molecule has 1 saturated heterocycles. The zero-order valence-electron chi connectivity index (χ0n) is 12.9. The minimum Gasteiger partial charge on any atom is -0.354 e. The summed E-state index contributed by atoms with van der Waals surface area (Å²) in [4.78, 5) is 13.8. The molecule has 1 unspecified atom stereocenters. The third kappa shape index (κ3) is 7.56. The number of unbranched alkanes of at least 4 members (excludes halogenated alkanes) is 4. The van der Waals surface area contributed by atoms with Crippen molar-refractivity contribution in [2.75, 3.05) is 26.2 Å². The van der Waals surface area contributed by atoms with Crippen molar-refractivity contribution < 1.29 is 4.79 Å². The van der Waals surface area contributed by atoms with Crippen LogP contribution in [0.5, 0.6) is 0 Å². The molecule has 1 atom stereocenters. The van der Waals surface area contributed by atoms with E-state index in [1.165, 1.54) is 51.4 Å². The largest absolute Gasteiger partial charge is 0.354 e. The Labute approximate surface area is 119 Å². The lowest BCUT2D eigenvalue weighted by molar-refractivity contribution is -0.124. The molecule has 1 aliphatic heterocycles. The summed E-state index contributed by atoms with van der Waals surface area (Å²) >= 11 is 0. The van der Waals surface area contributed by atoms with Crippen LogP contribution in [0, 0.1) is 5.92 Å². The van der Waals surface area contributed by atoms with Crippen molar-refractivity contribution in [1.29, 1.82) is 0 Å². The zero-order valence-corrected chi connectivity index (χ0v) is 12.9. The minimum absolute atomic E-state index is 0.200. The van der Waals surface area contributed by atoms with Crippen molar-refractivity contribution in [3.8, 4) is 0 Å². The van der Waals surface area contributed by atoms with Gasteiger partial charge in [-0.2, -0.15) is 0 Å². The molecule has 0 aromatic carbocycles. The fourth-order valence-electron chi connectivity index (χ4n) is 2.89. The van der Waals surface area contributed by atoms with Gasteiger partial charge in [0.2, 0.25) is 5.91 Å². The lowest BCUT2D eigenvalue weighted by atomic mass is 9.94. The highest BCUT2D eigenvalue weighted by Crippen LogP contribution is 2.19. The fraction of sp³-hybridized carbons (Fsp3) is 0.938. The molecule has 0 spiro atoms. The van der Waals surface area contributed by atoms with Crippen molar-refractivity contribution in [3.63, 3.8) is 0 Å². The van der Waals surface area contributed by atoms with Gasteiger partial charge in [-0.1, -0.05) is 52.4 Å². The molecule has 0 bridgehead atoms. The minimum atomic E-state index is 0.200. The molecule has 1 rings (SSSR count). The second-order valence-corrected chi connectivity index (χ2v) is 5.94. The SMILES string of the molecule is CCCCCCC(CCCC)CN1CCNC(=O)C1. The first-order valence-electron chi connectivity index (χ1n) is 8.25. The average molecular weight is 268 g/mol. The Balaban J connectivity index is 2.28. The van der Waals surface area contributed by atoms with Gasteiger partial charge in [-0.3, -0.25) is 9.69 Å². The Hall–Kier alpha value is -0.570. The van der Waals surface area contributed by atoms with E-state index in [1.807, 2.05) is 0 Å². The summed E-state index contributed by atoms with van der Waals surface area (Å²) in [6.45, 7) is 8.12. The Morgan fingerprint density at radius 2 is 1.84 bits per heavy atom. The molecule has 3 heteroatoms. The standard InChI is InChI=1S/C16H32N2O/c1-3-5-7-8-10-15(9-6-4-2)13-18-12-11-17-16(19)14-18/h15H,3-14H2,1-2H3,(H,17,19). The molecular weight excluding hydrogens is 236 g/mol. The molecule has 0 aromatic heterocycles. The summed E-state index contributed by atoms with van der Waals surface area (Å²) in [5.74, 6) is 0.995. The number of nitrogens with zero attached hydrogens (tertiary/aromatic N) is 1. The Morgan fingerprint density at radius 3 is 2.53 bits per heavy atom. The maximum absolute atomic E-state index is 11.4. The van der Waals surface area contributed by atoms with Crippen LogP contribution in [0.15, 0.2) is 0 Å². The van der Waals surface area contributed by atoms with Gasteiger partial charge >= 0.3 is 0 Å². The van der Waals surface area contributed by atoms with E-state index >= 15 is 0 Å². The van der Waals surface area contributed by atoms with Gasteiger partial charge in [0.05, 0.1) is 6.54 Å². The van der Waals surface area contributed by atoms with Crippen molar-refractivity contribution >= 4 is 5.91 Å². The van der Waals surface area contributed by atoms with E-state index in [9.17, 15) is 4.79 Å². The van der Waals surface area contributed by atoms with Crippen molar-refractivity contribution in [1.82, 2.24) is 10.2 Å². The fourth-order valence-corrected chi connectivity index (χ4v) is 2.89. The van der Waals surface area contributed by atoms with E-state index < -0.39 is 0 Å². The number of piperazine rings is 1. The molecular formula is C16H32N2O. The smallest absolute Gasteiger partial charge is 0.234 e. The molecule has 0 aromatic rings. The van der Waals surface area contributed by atoms with Gasteiger partial charge in [0, 0.05) is 19.6 Å². The van der Waals surface area contributed by atoms with E-state index in [4.69, 9.17) is 0 Å². The number of carbonyl (C=O) groups excluding carboxylic acids is 1. The third-order valence-corrected chi connectivity index (χ3v) is 4.07. The van der Waals surface area contributed by atoms with Gasteiger partial charge in [0.25, 0.3) is 0 Å². The molecule has 1 fully saturated rings. The Bertz CT molecular complexity index is 243. The number of hydrogen-bond donors (Lipinski definition) is 1. The Kier molecular flexibility index (Phi) is 8.89. The first-order chi connectivity index (χ1) is 9.26. The molecule has 1 heterocycles. The number of hydrogen-bond acceptors (Lipinski definition) is 2. The lowest BCUT2D eigenvalue weighted by Gasteiger charge is -2.30. The average Bonchev–Trinajstić information content (AvgIpc) is 2.40. The highest BCUT2D eigenvalue weighted by molar-refractivity contribution is 5.78. The molecule has 1 aliphatic rings. The normalized spacial score (nSPS) is 18.3. The Morgan fingerprint density at radius 1 is 1.11 bits per heavy atom. The van der Waals surface area contributed by atoms with Crippen LogP contribution in [0.2, 0.25) is 0 Å². The zero-order chi connectivity index (χ0) is 13.9. The molecule has 1 N–H and O–H groups in total. The molecule has 0 aliphatic carbocycles. The van der Waals surface area contributed by atoms with Crippen LogP contribution in [0.3, 0.4) is 0 Å². The van der Waals surface area contributed by atoms with Crippen LogP contribution >= 0.6 is 0 Å². The summed E-state index contributed by atoms with van der Waals surface area (Å²) in [5, 5.41) is 2.91. The second-order valence-electron chi connectivity index (χ2n) is 5.94. The predicted molar refractivity (Wildman–Crippen MR) is 81.2 cm³/mol. The van der Waals surface area contributed by atoms with Gasteiger partial charge in [-0.25, -0.2) is 0 Å². The van der Waals surface area contributed by atoms with Crippen LogP contribution in [0.1, 0.15) is 65.2 Å². The first-order valence-corrected chi connectivity index (χ1v) is 8.25. The van der Waals surface area contributed by atoms with E-state index in [1.54, 1.807) is 0 Å². The second kappa shape index (κ2) is 10.2. The number of rotatable bonds is 10. The van der Waals surface area contributed by atoms with Gasteiger partial charge in [0.15, 0.2) is 0 Å². The third-order valence-electron chi connectivity index (χ3n) is 4.07. The summed E-state index contributed by atoms with van der Waals surface area (Å²) < 4.78 is 0. The molecule has 3 nitrogen and oxygen atoms in total. The van der Waals surface area contributed by atoms with Gasteiger partial charge < -0.3 is 5.32 Å². The topological polar surface area (TPSA) is 32.3 Å². The molecule has 0 saturated carbocycles. The molecule has 19 heavy (non-hydrogen) atoms. The highest BCUT2D eigenvalue weighted by atomic mass is 16.2. The van der Waals surface area contributed by atoms with Crippen LogP contribution in [0.4, 0.5) is 0 Å². The van der Waals surface area contributed by atoms with Gasteiger partial charge in [0.1, 0.15) is 0 Å². The number of nitrogens with one attached hydrogen (secondary N) is 1.